The average Bonchev–Trinajstić information content (AvgIpc) is 3.39. The molecule has 2 fully saturated rings. The van der Waals surface area contributed by atoms with Crippen LogP contribution in [0.4, 0.5) is 0 Å². The second kappa shape index (κ2) is 5.98. The smallest absolute Gasteiger partial charge is 0.180 e. The summed E-state index contributed by atoms with van der Waals surface area (Å²) in [6, 6.07) is 6.82. The molecule has 0 radical (unpaired) electrons. The quantitative estimate of drug-likeness (QED) is 0.788. The topological polar surface area (TPSA) is 20.3 Å². The maximum atomic E-state index is 13.3. The molecule has 24 heavy (non-hydrogen) atoms. The van der Waals surface area contributed by atoms with Gasteiger partial charge < -0.3 is 0 Å². The highest BCUT2D eigenvalue weighted by Crippen LogP contribution is 2.49. The van der Waals surface area contributed by atoms with E-state index in [9.17, 15) is 4.79 Å². The van der Waals surface area contributed by atoms with Crippen LogP contribution in [0.5, 0.6) is 0 Å². The fraction of sp³-hybridized carbons (Fsp3) is 0.682. The summed E-state index contributed by atoms with van der Waals surface area (Å²) in [5.41, 5.74) is 3.93. The number of ketones is 1. The number of carbonyl (C=O) groups excluding carboxylic acids is 1. The number of fused-ring (bicyclic) bond motifs is 4. The molecule has 2 aliphatic carbocycles. The Kier molecular flexibility index (Phi) is 4.07. The van der Waals surface area contributed by atoms with Crippen LogP contribution in [0.3, 0.4) is 0 Å². The molecule has 3 atom stereocenters. The van der Waals surface area contributed by atoms with E-state index in [0.717, 1.165) is 31.0 Å². The first-order valence-electron chi connectivity index (χ1n) is 9.96. The molecule has 0 aromatic heterocycles. The van der Waals surface area contributed by atoms with E-state index < -0.39 is 0 Å². The molecule has 0 spiro atoms. The molecule has 1 saturated heterocycles. The Bertz CT molecular complexity index is 647. The number of carbonyl (C=O) groups is 1. The summed E-state index contributed by atoms with van der Waals surface area (Å²) in [4.78, 5) is 15.8. The van der Waals surface area contributed by atoms with E-state index in [1.54, 1.807) is 0 Å². The number of hydrogen-bond acceptors (Lipinski definition) is 2. The minimum Gasteiger partial charge on any atom is -0.293 e. The lowest BCUT2D eigenvalue weighted by atomic mass is 9.58. The molecular formula is C22H31NO. The van der Waals surface area contributed by atoms with Crippen LogP contribution in [-0.4, -0.2) is 29.8 Å². The summed E-state index contributed by atoms with van der Waals surface area (Å²) in [6.07, 6.45) is 7.51. The van der Waals surface area contributed by atoms with E-state index in [-0.39, 0.29) is 11.5 Å². The summed E-state index contributed by atoms with van der Waals surface area (Å²) in [5, 5.41) is 0. The number of Topliss-reactive ketones (excluding diaryl/α,β-unsaturated/α-hetero) is 1. The predicted octanol–water partition coefficient (Wildman–Crippen LogP) is 4.60. The van der Waals surface area contributed by atoms with Crippen molar-refractivity contribution in [1.82, 2.24) is 4.90 Å². The number of rotatable bonds is 5. The van der Waals surface area contributed by atoms with Gasteiger partial charge in [-0.05, 0) is 67.0 Å². The number of benzene rings is 1. The van der Waals surface area contributed by atoms with E-state index in [4.69, 9.17) is 0 Å². The van der Waals surface area contributed by atoms with Gasteiger partial charge in [0, 0.05) is 12.1 Å². The molecule has 0 N–H and O–H groups in total. The molecule has 3 aliphatic rings. The van der Waals surface area contributed by atoms with Crippen molar-refractivity contribution in [1.29, 1.82) is 0 Å². The minimum atomic E-state index is 0.110. The Morgan fingerprint density at radius 1 is 1.29 bits per heavy atom. The molecule has 2 nitrogen and oxygen atoms in total. The average molecular weight is 325 g/mol. The van der Waals surface area contributed by atoms with Gasteiger partial charge in [0.2, 0.25) is 0 Å². The first-order valence-corrected chi connectivity index (χ1v) is 9.96. The normalized spacial score (nSPS) is 32.7. The maximum Gasteiger partial charge on any atom is 0.180 e. The van der Waals surface area contributed by atoms with Crippen LogP contribution in [0.1, 0.15) is 74.4 Å². The Labute approximate surface area is 146 Å². The van der Waals surface area contributed by atoms with Crippen molar-refractivity contribution >= 4 is 5.78 Å². The maximum absolute atomic E-state index is 13.3. The largest absolute Gasteiger partial charge is 0.293 e. The first-order chi connectivity index (χ1) is 11.5. The van der Waals surface area contributed by atoms with Gasteiger partial charge in [0.15, 0.2) is 5.78 Å². The molecule has 4 rings (SSSR count). The van der Waals surface area contributed by atoms with Crippen LogP contribution in [0, 0.1) is 11.8 Å². The Hall–Kier alpha value is -1.15. The molecule has 1 aromatic rings. The van der Waals surface area contributed by atoms with Crippen molar-refractivity contribution in [3.63, 3.8) is 0 Å². The fourth-order valence-corrected chi connectivity index (χ4v) is 4.99. The highest BCUT2D eigenvalue weighted by atomic mass is 16.1. The minimum absolute atomic E-state index is 0.110. The Balaban J connectivity index is 1.70. The van der Waals surface area contributed by atoms with Gasteiger partial charge in [0.05, 0.1) is 6.04 Å². The zero-order valence-corrected chi connectivity index (χ0v) is 15.5. The van der Waals surface area contributed by atoms with E-state index >= 15 is 0 Å². The van der Waals surface area contributed by atoms with Gasteiger partial charge in [0.1, 0.15) is 0 Å². The molecule has 1 aliphatic heterocycles. The molecule has 1 aromatic carbocycles. The van der Waals surface area contributed by atoms with Crippen LogP contribution >= 0.6 is 0 Å². The lowest BCUT2D eigenvalue weighted by Gasteiger charge is -2.53. The second-order valence-electron chi connectivity index (χ2n) is 8.69. The lowest BCUT2D eigenvalue weighted by Crippen LogP contribution is -2.61. The number of aryl methyl sites for hydroxylation is 1. The van der Waals surface area contributed by atoms with Crippen LogP contribution in [0.2, 0.25) is 0 Å². The van der Waals surface area contributed by atoms with Gasteiger partial charge in [-0.2, -0.15) is 0 Å². The van der Waals surface area contributed by atoms with Crippen LogP contribution in [0.25, 0.3) is 0 Å². The van der Waals surface area contributed by atoms with Crippen LogP contribution in [0.15, 0.2) is 18.2 Å². The van der Waals surface area contributed by atoms with Crippen molar-refractivity contribution in [3.8, 4) is 0 Å². The number of hydrogen-bond donors (Lipinski definition) is 0. The van der Waals surface area contributed by atoms with Crippen LogP contribution < -0.4 is 0 Å². The predicted molar refractivity (Wildman–Crippen MR) is 98.6 cm³/mol. The van der Waals surface area contributed by atoms with E-state index in [1.807, 2.05) is 0 Å². The number of likely N-dealkylation sites (tertiary alicyclic amines) is 1. The van der Waals surface area contributed by atoms with Crippen molar-refractivity contribution in [2.45, 2.75) is 70.8 Å². The van der Waals surface area contributed by atoms with Gasteiger partial charge in [-0.15, -0.1) is 0 Å². The van der Waals surface area contributed by atoms with Gasteiger partial charge >= 0.3 is 0 Å². The molecular weight excluding hydrogens is 294 g/mol. The first kappa shape index (κ1) is 16.3. The van der Waals surface area contributed by atoms with Crippen molar-refractivity contribution < 1.29 is 4.79 Å². The summed E-state index contributed by atoms with van der Waals surface area (Å²) >= 11 is 0. The summed E-state index contributed by atoms with van der Waals surface area (Å²) in [6.45, 7) is 9.20. The standard InChI is InChI=1S/C22H31NO/c1-4-5-6-16-9-10-18-19(13-16)22(3)11-12-23(14-17-7-8-17)20(15(22)2)21(18)24/h9-10,13,15,17,20H,4-8,11-12,14H2,1-3H3/t15-,20-,22-/m0/s1. The fourth-order valence-electron chi connectivity index (χ4n) is 4.99. The number of piperidine rings is 1. The van der Waals surface area contributed by atoms with E-state index in [1.165, 1.54) is 43.2 Å². The lowest BCUT2D eigenvalue weighted by molar-refractivity contribution is 0.0266. The monoisotopic (exact) mass is 325 g/mol. The summed E-state index contributed by atoms with van der Waals surface area (Å²) in [7, 11) is 0. The van der Waals surface area contributed by atoms with Crippen molar-refractivity contribution in [3.05, 3.63) is 34.9 Å². The molecule has 1 heterocycles. The third kappa shape index (κ3) is 2.54. The Morgan fingerprint density at radius 2 is 2.08 bits per heavy atom. The zero-order valence-electron chi connectivity index (χ0n) is 15.5. The van der Waals surface area contributed by atoms with E-state index in [0.29, 0.717) is 11.7 Å². The highest BCUT2D eigenvalue weighted by molar-refractivity contribution is 6.03. The molecule has 2 heteroatoms. The molecule has 0 unspecified atom stereocenters. The van der Waals surface area contributed by atoms with Crippen LogP contribution in [-0.2, 0) is 11.8 Å². The van der Waals surface area contributed by atoms with Gasteiger partial charge in [-0.3, -0.25) is 9.69 Å². The summed E-state index contributed by atoms with van der Waals surface area (Å²) in [5.74, 6) is 1.66. The SMILES string of the molecule is CCCCc1ccc2c(c1)[C@@]1(C)CCN(CC3CC3)[C@H](C2=O)[C@@H]1C. The molecule has 1 saturated carbocycles. The third-order valence-corrected chi connectivity index (χ3v) is 7.03. The number of nitrogens with zero attached hydrogens (tertiary/aromatic N) is 1. The summed E-state index contributed by atoms with van der Waals surface area (Å²) < 4.78 is 0. The van der Waals surface area contributed by atoms with E-state index in [2.05, 4.69) is 43.9 Å². The highest BCUT2D eigenvalue weighted by Gasteiger charge is 2.52. The second-order valence-corrected chi connectivity index (χ2v) is 8.69. The third-order valence-electron chi connectivity index (χ3n) is 7.03. The van der Waals surface area contributed by atoms with Gasteiger partial charge in [-0.25, -0.2) is 0 Å². The van der Waals surface area contributed by atoms with Crippen molar-refractivity contribution in [2.24, 2.45) is 11.8 Å². The molecule has 130 valence electrons. The van der Waals surface area contributed by atoms with Crippen molar-refractivity contribution in [2.75, 3.05) is 13.1 Å². The zero-order chi connectivity index (χ0) is 16.9. The van der Waals surface area contributed by atoms with Gasteiger partial charge in [-0.1, -0.05) is 45.4 Å². The number of unbranched alkanes of at least 4 members (excludes halogenated alkanes) is 1. The van der Waals surface area contributed by atoms with Gasteiger partial charge in [0.25, 0.3) is 0 Å². The Morgan fingerprint density at radius 3 is 2.79 bits per heavy atom. The molecule has 2 bridgehead atoms. The molecule has 0 amide bonds.